The highest BCUT2D eigenvalue weighted by atomic mass is 15.1. The first-order chi connectivity index (χ1) is 8.07. The Labute approximate surface area is 105 Å². The first-order valence-electron chi connectivity index (χ1n) is 6.60. The fourth-order valence-electron chi connectivity index (χ4n) is 2.50. The molecule has 1 fully saturated rings. The van der Waals surface area contributed by atoms with Gasteiger partial charge in [-0.3, -0.25) is 0 Å². The summed E-state index contributed by atoms with van der Waals surface area (Å²) < 4.78 is 0. The van der Waals surface area contributed by atoms with Gasteiger partial charge in [0.2, 0.25) is 0 Å². The number of nitrogens with zero attached hydrogens (tertiary/aromatic N) is 1. The molecule has 0 atom stereocenters. The minimum atomic E-state index is 0.154. The second-order valence-corrected chi connectivity index (χ2v) is 5.69. The highest BCUT2D eigenvalue weighted by molar-refractivity contribution is 5.21. The maximum atomic E-state index is 6.24. The predicted molar refractivity (Wildman–Crippen MR) is 72.9 cm³/mol. The van der Waals surface area contributed by atoms with Crippen molar-refractivity contribution in [1.82, 2.24) is 4.90 Å². The van der Waals surface area contributed by atoms with Crippen molar-refractivity contribution in [3.63, 3.8) is 0 Å². The number of hydrogen-bond donors (Lipinski definition) is 1. The second-order valence-electron chi connectivity index (χ2n) is 5.69. The van der Waals surface area contributed by atoms with Crippen molar-refractivity contribution in [3.05, 3.63) is 35.4 Å². The fraction of sp³-hybridized carbons (Fsp3) is 0.600. The van der Waals surface area contributed by atoms with Crippen LogP contribution in [-0.2, 0) is 6.54 Å². The molecule has 1 aliphatic carbocycles. The summed E-state index contributed by atoms with van der Waals surface area (Å²) in [5.41, 5.74) is 9.13. The van der Waals surface area contributed by atoms with E-state index < -0.39 is 0 Å². The summed E-state index contributed by atoms with van der Waals surface area (Å²) in [4.78, 5) is 2.38. The molecule has 0 bridgehead atoms. The van der Waals surface area contributed by atoms with E-state index in [1.54, 1.807) is 0 Å². The van der Waals surface area contributed by atoms with Crippen LogP contribution >= 0.6 is 0 Å². The molecule has 2 nitrogen and oxygen atoms in total. The van der Waals surface area contributed by atoms with E-state index in [0.717, 1.165) is 19.5 Å². The minimum absolute atomic E-state index is 0.154. The Balaban J connectivity index is 1.78. The van der Waals surface area contributed by atoms with E-state index in [4.69, 9.17) is 5.73 Å². The van der Waals surface area contributed by atoms with E-state index in [2.05, 4.69) is 43.1 Å². The van der Waals surface area contributed by atoms with E-state index >= 15 is 0 Å². The van der Waals surface area contributed by atoms with Crippen LogP contribution in [0.4, 0.5) is 0 Å². The van der Waals surface area contributed by atoms with Crippen LogP contribution in [0, 0.1) is 6.92 Å². The molecule has 2 rings (SSSR count). The first-order valence-corrected chi connectivity index (χ1v) is 6.60. The molecular formula is C15H24N2. The van der Waals surface area contributed by atoms with Gasteiger partial charge >= 0.3 is 0 Å². The van der Waals surface area contributed by atoms with Crippen molar-refractivity contribution in [2.45, 2.75) is 44.7 Å². The predicted octanol–water partition coefficient (Wildman–Crippen LogP) is 2.70. The lowest BCUT2D eigenvalue weighted by Crippen LogP contribution is -2.48. The van der Waals surface area contributed by atoms with Gasteiger partial charge in [0.25, 0.3) is 0 Å². The average molecular weight is 232 g/mol. The van der Waals surface area contributed by atoms with Gasteiger partial charge in [-0.25, -0.2) is 0 Å². The van der Waals surface area contributed by atoms with Crippen LogP contribution in [0.3, 0.4) is 0 Å². The topological polar surface area (TPSA) is 29.3 Å². The van der Waals surface area contributed by atoms with Crippen LogP contribution in [-0.4, -0.2) is 24.0 Å². The molecule has 2 N–H and O–H groups in total. The molecule has 1 aliphatic rings. The van der Waals surface area contributed by atoms with Crippen molar-refractivity contribution in [3.8, 4) is 0 Å². The Bertz CT molecular complexity index is 369. The average Bonchev–Trinajstić information content (AvgIpc) is 2.24. The largest absolute Gasteiger partial charge is 0.325 e. The third-order valence-corrected chi connectivity index (χ3v) is 3.88. The Morgan fingerprint density at radius 3 is 2.71 bits per heavy atom. The highest BCUT2D eigenvalue weighted by Gasteiger charge is 2.31. The van der Waals surface area contributed by atoms with Crippen LogP contribution < -0.4 is 5.73 Å². The zero-order chi connectivity index (χ0) is 12.3. The molecular weight excluding hydrogens is 208 g/mol. The monoisotopic (exact) mass is 232 g/mol. The van der Waals surface area contributed by atoms with Gasteiger partial charge in [0, 0.05) is 12.1 Å². The normalized spacial score (nSPS) is 18.1. The second kappa shape index (κ2) is 5.19. The molecule has 0 unspecified atom stereocenters. The highest BCUT2D eigenvalue weighted by Crippen LogP contribution is 2.32. The molecule has 2 heteroatoms. The van der Waals surface area contributed by atoms with E-state index in [9.17, 15) is 0 Å². The molecule has 1 aromatic rings. The van der Waals surface area contributed by atoms with E-state index in [1.165, 1.54) is 30.4 Å². The summed E-state index contributed by atoms with van der Waals surface area (Å²) >= 11 is 0. The van der Waals surface area contributed by atoms with Gasteiger partial charge in [-0.1, -0.05) is 29.8 Å². The summed E-state index contributed by atoms with van der Waals surface area (Å²) in [7, 11) is 2.18. The first kappa shape index (κ1) is 12.6. The van der Waals surface area contributed by atoms with Crippen LogP contribution in [0.1, 0.15) is 36.8 Å². The summed E-state index contributed by atoms with van der Waals surface area (Å²) in [5.74, 6) is 0. The standard InChI is InChI=1S/C15H24N2/c1-13-5-3-6-14(11-13)12-17(2)10-9-15(16)7-4-8-15/h3,5-6,11H,4,7-10,12,16H2,1-2H3. The van der Waals surface area contributed by atoms with Crippen molar-refractivity contribution in [2.75, 3.05) is 13.6 Å². The number of aryl methyl sites for hydroxylation is 1. The van der Waals surface area contributed by atoms with Crippen LogP contribution in [0.5, 0.6) is 0 Å². The van der Waals surface area contributed by atoms with Crippen molar-refractivity contribution >= 4 is 0 Å². The number of nitrogens with two attached hydrogens (primary N) is 1. The summed E-state index contributed by atoms with van der Waals surface area (Å²) in [5, 5.41) is 0. The molecule has 0 amide bonds. The zero-order valence-electron chi connectivity index (χ0n) is 11.1. The van der Waals surface area contributed by atoms with E-state index in [0.29, 0.717) is 0 Å². The van der Waals surface area contributed by atoms with Gasteiger partial charge in [-0.05, 0) is 51.8 Å². The molecule has 94 valence electrons. The SMILES string of the molecule is Cc1cccc(CN(C)CCC2(N)CCC2)c1. The zero-order valence-corrected chi connectivity index (χ0v) is 11.1. The van der Waals surface area contributed by atoms with Crippen molar-refractivity contribution in [1.29, 1.82) is 0 Å². The molecule has 1 aromatic carbocycles. The maximum absolute atomic E-state index is 6.24. The van der Waals surface area contributed by atoms with Gasteiger partial charge in [0.05, 0.1) is 0 Å². The van der Waals surface area contributed by atoms with Gasteiger partial charge in [-0.15, -0.1) is 0 Å². The molecule has 0 saturated heterocycles. The van der Waals surface area contributed by atoms with Crippen molar-refractivity contribution in [2.24, 2.45) is 5.73 Å². The van der Waals surface area contributed by atoms with Crippen LogP contribution in [0.15, 0.2) is 24.3 Å². The summed E-state index contributed by atoms with van der Waals surface area (Å²) in [6.45, 7) is 4.27. The fourth-order valence-corrected chi connectivity index (χ4v) is 2.50. The van der Waals surface area contributed by atoms with Gasteiger partial charge in [0.1, 0.15) is 0 Å². The lowest BCUT2D eigenvalue weighted by atomic mass is 9.75. The van der Waals surface area contributed by atoms with Gasteiger partial charge in [0.15, 0.2) is 0 Å². The molecule has 0 heterocycles. The molecule has 0 radical (unpaired) electrons. The third kappa shape index (κ3) is 3.55. The smallest absolute Gasteiger partial charge is 0.0230 e. The molecule has 0 aromatic heterocycles. The Morgan fingerprint density at radius 2 is 2.12 bits per heavy atom. The lowest BCUT2D eigenvalue weighted by molar-refractivity contribution is 0.193. The number of benzene rings is 1. The van der Waals surface area contributed by atoms with E-state index in [-0.39, 0.29) is 5.54 Å². The van der Waals surface area contributed by atoms with Crippen LogP contribution in [0.25, 0.3) is 0 Å². The summed E-state index contributed by atoms with van der Waals surface area (Å²) in [6, 6.07) is 8.74. The van der Waals surface area contributed by atoms with Gasteiger partial charge in [-0.2, -0.15) is 0 Å². The molecule has 1 saturated carbocycles. The lowest BCUT2D eigenvalue weighted by Gasteiger charge is -2.39. The van der Waals surface area contributed by atoms with Crippen molar-refractivity contribution < 1.29 is 0 Å². The van der Waals surface area contributed by atoms with E-state index in [1.807, 2.05) is 0 Å². The molecule has 0 aliphatic heterocycles. The van der Waals surface area contributed by atoms with Gasteiger partial charge < -0.3 is 10.6 Å². The minimum Gasteiger partial charge on any atom is -0.325 e. The molecule has 17 heavy (non-hydrogen) atoms. The summed E-state index contributed by atoms with van der Waals surface area (Å²) in [6.07, 6.45) is 4.88. The maximum Gasteiger partial charge on any atom is 0.0230 e. The molecule has 0 spiro atoms. The number of hydrogen-bond acceptors (Lipinski definition) is 2. The Kier molecular flexibility index (Phi) is 3.85. The third-order valence-electron chi connectivity index (χ3n) is 3.88. The Hall–Kier alpha value is -0.860. The quantitative estimate of drug-likeness (QED) is 0.845. The van der Waals surface area contributed by atoms with Crippen LogP contribution in [0.2, 0.25) is 0 Å². The number of rotatable bonds is 5. The Morgan fingerprint density at radius 1 is 1.35 bits per heavy atom.